The second kappa shape index (κ2) is 6.24. The molecule has 7 heteroatoms. The normalized spacial score (nSPS) is 15.1. The standard InChI is InChI=1S/C12H18N4O3/c1-2-19-12(17)14-9-3-4-10(15-11(9)13)16-5-7-18-8-6-16/h3-4H,2,5-8H2,1H3,(H2,13,15)(H,14,17). The summed E-state index contributed by atoms with van der Waals surface area (Å²) in [5.74, 6) is 1.06. The topological polar surface area (TPSA) is 89.7 Å². The molecule has 0 aliphatic carbocycles. The predicted molar refractivity (Wildman–Crippen MR) is 72.3 cm³/mol. The second-order valence-corrected chi connectivity index (χ2v) is 4.05. The number of carbonyl (C=O) groups excluding carboxylic acids is 1. The molecule has 0 bridgehead atoms. The average molecular weight is 266 g/mol. The summed E-state index contributed by atoms with van der Waals surface area (Å²) in [5, 5.41) is 2.55. The van der Waals surface area contributed by atoms with Crippen LogP contribution in [0.2, 0.25) is 0 Å². The molecule has 1 aliphatic rings. The van der Waals surface area contributed by atoms with Gasteiger partial charge in [0.15, 0.2) is 0 Å². The molecule has 7 nitrogen and oxygen atoms in total. The van der Waals surface area contributed by atoms with Gasteiger partial charge in [-0.25, -0.2) is 9.78 Å². The summed E-state index contributed by atoms with van der Waals surface area (Å²) in [4.78, 5) is 17.7. The van der Waals surface area contributed by atoms with Crippen molar-refractivity contribution in [2.75, 3.05) is 48.9 Å². The van der Waals surface area contributed by atoms with Crippen LogP contribution in [0, 0.1) is 0 Å². The molecule has 0 radical (unpaired) electrons. The van der Waals surface area contributed by atoms with Gasteiger partial charge in [0.05, 0.1) is 25.5 Å². The molecular formula is C12H18N4O3. The molecule has 1 saturated heterocycles. The molecule has 1 amide bonds. The Bertz CT molecular complexity index is 447. The maximum absolute atomic E-state index is 11.3. The highest BCUT2D eigenvalue weighted by molar-refractivity contribution is 5.88. The Labute approximate surface area is 111 Å². The summed E-state index contributed by atoms with van der Waals surface area (Å²) in [6.07, 6.45) is -0.532. The van der Waals surface area contributed by atoms with E-state index < -0.39 is 6.09 Å². The lowest BCUT2D eigenvalue weighted by Crippen LogP contribution is -2.36. The van der Waals surface area contributed by atoms with Gasteiger partial charge in [-0.15, -0.1) is 0 Å². The zero-order valence-corrected chi connectivity index (χ0v) is 10.9. The van der Waals surface area contributed by atoms with Crippen LogP contribution in [0.1, 0.15) is 6.92 Å². The first-order valence-corrected chi connectivity index (χ1v) is 6.23. The number of ether oxygens (including phenoxy) is 2. The van der Waals surface area contributed by atoms with Crippen LogP contribution in [0.15, 0.2) is 12.1 Å². The average Bonchev–Trinajstić information content (AvgIpc) is 2.42. The van der Waals surface area contributed by atoms with Crippen LogP contribution in [0.25, 0.3) is 0 Å². The fourth-order valence-corrected chi connectivity index (χ4v) is 1.82. The third-order valence-corrected chi connectivity index (χ3v) is 2.76. The van der Waals surface area contributed by atoms with Crippen LogP contribution in [0.5, 0.6) is 0 Å². The molecule has 1 fully saturated rings. The van der Waals surface area contributed by atoms with Gasteiger partial charge in [0.2, 0.25) is 0 Å². The number of nitrogens with one attached hydrogen (secondary N) is 1. The van der Waals surface area contributed by atoms with E-state index in [1.807, 2.05) is 6.07 Å². The van der Waals surface area contributed by atoms with Gasteiger partial charge in [-0.05, 0) is 19.1 Å². The lowest BCUT2D eigenvalue weighted by Gasteiger charge is -2.28. The monoisotopic (exact) mass is 266 g/mol. The number of rotatable bonds is 3. The molecule has 0 saturated carbocycles. The minimum atomic E-state index is -0.532. The number of nitrogen functional groups attached to an aromatic ring is 1. The summed E-state index contributed by atoms with van der Waals surface area (Å²) in [6, 6.07) is 3.55. The summed E-state index contributed by atoms with van der Waals surface area (Å²) in [5.41, 5.74) is 6.29. The predicted octanol–water partition coefficient (Wildman–Crippen LogP) is 1.07. The summed E-state index contributed by atoms with van der Waals surface area (Å²) in [7, 11) is 0. The van der Waals surface area contributed by atoms with Gasteiger partial charge in [0, 0.05) is 13.1 Å². The Morgan fingerprint density at radius 2 is 2.26 bits per heavy atom. The zero-order valence-electron chi connectivity index (χ0n) is 10.9. The van der Waals surface area contributed by atoms with E-state index in [0.29, 0.717) is 25.5 Å². The molecule has 0 unspecified atom stereocenters. The van der Waals surface area contributed by atoms with E-state index in [0.717, 1.165) is 18.9 Å². The van der Waals surface area contributed by atoms with Crippen molar-refractivity contribution in [3.8, 4) is 0 Å². The van der Waals surface area contributed by atoms with Gasteiger partial charge < -0.3 is 20.1 Å². The van der Waals surface area contributed by atoms with Crippen molar-refractivity contribution < 1.29 is 14.3 Å². The highest BCUT2D eigenvalue weighted by atomic mass is 16.5. The lowest BCUT2D eigenvalue weighted by atomic mass is 10.3. The van der Waals surface area contributed by atoms with E-state index in [4.69, 9.17) is 15.2 Å². The van der Waals surface area contributed by atoms with E-state index >= 15 is 0 Å². The quantitative estimate of drug-likeness (QED) is 0.850. The molecule has 0 aromatic carbocycles. The number of amides is 1. The molecule has 1 aromatic heterocycles. The third kappa shape index (κ3) is 3.47. The number of anilines is 3. The van der Waals surface area contributed by atoms with Crippen LogP contribution in [-0.2, 0) is 9.47 Å². The molecular weight excluding hydrogens is 248 g/mol. The van der Waals surface area contributed by atoms with E-state index in [-0.39, 0.29) is 5.82 Å². The Kier molecular flexibility index (Phi) is 4.40. The number of morpholine rings is 1. The molecule has 1 aliphatic heterocycles. The van der Waals surface area contributed by atoms with Gasteiger partial charge in [-0.2, -0.15) is 0 Å². The van der Waals surface area contributed by atoms with Crippen LogP contribution < -0.4 is 16.0 Å². The first kappa shape index (κ1) is 13.4. The van der Waals surface area contributed by atoms with Crippen molar-refractivity contribution in [2.45, 2.75) is 6.92 Å². The summed E-state index contributed by atoms with van der Waals surface area (Å²) < 4.78 is 10.1. The highest BCUT2D eigenvalue weighted by Crippen LogP contribution is 2.21. The second-order valence-electron chi connectivity index (χ2n) is 4.05. The molecule has 2 heterocycles. The summed E-state index contributed by atoms with van der Waals surface area (Å²) >= 11 is 0. The smallest absolute Gasteiger partial charge is 0.411 e. The number of nitrogens with zero attached hydrogens (tertiary/aromatic N) is 2. The van der Waals surface area contributed by atoms with Gasteiger partial charge in [0.1, 0.15) is 11.6 Å². The number of hydrogen-bond acceptors (Lipinski definition) is 6. The molecule has 1 aromatic rings. The Hall–Kier alpha value is -2.02. The Morgan fingerprint density at radius 3 is 2.89 bits per heavy atom. The van der Waals surface area contributed by atoms with E-state index in [1.165, 1.54) is 0 Å². The fourth-order valence-electron chi connectivity index (χ4n) is 1.82. The highest BCUT2D eigenvalue weighted by Gasteiger charge is 2.14. The maximum atomic E-state index is 11.3. The van der Waals surface area contributed by atoms with Gasteiger partial charge in [-0.3, -0.25) is 5.32 Å². The van der Waals surface area contributed by atoms with Crippen LogP contribution in [0.3, 0.4) is 0 Å². The van der Waals surface area contributed by atoms with E-state index in [2.05, 4.69) is 15.2 Å². The van der Waals surface area contributed by atoms with E-state index in [1.54, 1.807) is 13.0 Å². The number of nitrogens with two attached hydrogens (primary N) is 1. The number of hydrogen-bond donors (Lipinski definition) is 2. The summed E-state index contributed by atoms with van der Waals surface area (Å²) in [6.45, 7) is 5.00. The minimum absolute atomic E-state index is 0.275. The first-order valence-electron chi connectivity index (χ1n) is 6.23. The van der Waals surface area contributed by atoms with Gasteiger partial charge in [-0.1, -0.05) is 0 Å². The van der Waals surface area contributed by atoms with Crippen LogP contribution in [0.4, 0.5) is 22.1 Å². The molecule has 3 N–H and O–H groups in total. The zero-order chi connectivity index (χ0) is 13.7. The van der Waals surface area contributed by atoms with Crippen molar-refractivity contribution in [2.24, 2.45) is 0 Å². The van der Waals surface area contributed by atoms with Crippen LogP contribution >= 0.6 is 0 Å². The fraction of sp³-hybridized carbons (Fsp3) is 0.500. The minimum Gasteiger partial charge on any atom is -0.450 e. The third-order valence-electron chi connectivity index (χ3n) is 2.76. The van der Waals surface area contributed by atoms with Gasteiger partial charge >= 0.3 is 6.09 Å². The maximum Gasteiger partial charge on any atom is 0.411 e. The van der Waals surface area contributed by atoms with Crippen molar-refractivity contribution in [1.82, 2.24) is 4.98 Å². The van der Waals surface area contributed by atoms with Crippen LogP contribution in [-0.4, -0.2) is 44.0 Å². The van der Waals surface area contributed by atoms with Crippen molar-refractivity contribution in [3.63, 3.8) is 0 Å². The SMILES string of the molecule is CCOC(=O)Nc1ccc(N2CCOCC2)nc1N. The van der Waals surface area contributed by atoms with E-state index in [9.17, 15) is 4.79 Å². The Morgan fingerprint density at radius 1 is 1.53 bits per heavy atom. The molecule has 0 spiro atoms. The number of pyridine rings is 1. The number of aromatic nitrogens is 1. The molecule has 19 heavy (non-hydrogen) atoms. The van der Waals surface area contributed by atoms with Crippen molar-refractivity contribution >= 4 is 23.4 Å². The van der Waals surface area contributed by atoms with Gasteiger partial charge in [0.25, 0.3) is 0 Å². The lowest BCUT2D eigenvalue weighted by molar-refractivity contribution is 0.122. The van der Waals surface area contributed by atoms with Crippen molar-refractivity contribution in [1.29, 1.82) is 0 Å². The number of carbonyl (C=O) groups is 1. The Balaban J connectivity index is 2.05. The molecule has 0 atom stereocenters. The first-order chi connectivity index (χ1) is 9.20. The largest absolute Gasteiger partial charge is 0.450 e. The molecule has 104 valence electrons. The molecule has 2 rings (SSSR count). The van der Waals surface area contributed by atoms with Crippen molar-refractivity contribution in [3.05, 3.63) is 12.1 Å².